The fourth-order valence-electron chi connectivity index (χ4n) is 2.19. The average Bonchev–Trinajstić information content (AvgIpc) is 3.02. The molecule has 0 aliphatic rings. The molecule has 3 aromatic rings. The molecule has 0 amide bonds. The van der Waals surface area contributed by atoms with Gasteiger partial charge in [-0.05, 0) is 30.3 Å². The molecule has 0 N–H and O–H groups in total. The van der Waals surface area contributed by atoms with Gasteiger partial charge in [-0.2, -0.15) is 4.39 Å². The first-order chi connectivity index (χ1) is 12.0. The van der Waals surface area contributed by atoms with E-state index in [4.69, 9.17) is 9.15 Å². The zero-order chi connectivity index (χ0) is 18.0. The molecule has 0 aliphatic carbocycles. The third-order valence-corrected chi connectivity index (χ3v) is 4.27. The number of rotatable bonds is 5. The van der Waals surface area contributed by atoms with Crippen molar-refractivity contribution in [1.29, 1.82) is 0 Å². The summed E-state index contributed by atoms with van der Waals surface area (Å²) in [6.45, 7) is 1.90. The van der Waals surface area contributed by atoms with Gasteiger partial charge in [-0.3, -0.25) is 10.1 Å². The molecule has 3 rings (SSSR count). The van der Waals surface area contributed by atoms with Crippen molar-refractivity contribution in [2.24, 2.45) is 0 Å². The molecule has 0 radical (unpaired) electrons. The van der Waals surface area contributed by atoms with E-state index in [1.807, 2.05) is 31.2 Å². The number of nitrogens with zero attached hydrogens (tertiary/aromatic N) is 3. The van der Waals surface area contributed by atoms with Gasteiger partial charge in [0.05, 0.1) is 12.0 Å². The molecule has 7 nitrogen and oxygen atoms in total. The molecule has 1 heterocycles. The molecule has 1 aromatic heterocycles. The maximum atomic E-state index is 14.0. The van der Waals surface area contributed by atoms with Gasteiger partial charge in [0.2, 0.25) is 11.7 Å². The molecule has 25 heavy (non-hydrogen) atoms. The molecule has 0 bridgehead atoms. The minimum Gasteiger partial charge on any atom is -0.497 e. The molecule has 2 aromatic carbocycles. The molecular formula is C16H12FN3O4S. The lowest BCUT2D eigenvalue weighted by Crippen LogP contribution is -1.96. The summed E-state index contributed by atoms with van der Waals surface area (Å²) in [4.78, 5) is 10.4. The first-order valence-electron chi connectivity index (χ1n) is 7.09. The summed E-state index contributed by atoms with van der Waals surface area (Å²) in [5, 5.41) is 19.0. The third kappa shape index (κ3) is 3.45. The van der Waals surface area contributed by atoms with Crippen LogP contribution in [-0.2, 0) is 0 Å². The molecule has 0 unspecified atom stereocenters. The fourth-order valence-corrected chi connectivity index (χ4v) is 3.02. The van der Waals surface area contributed by atoms with Gasteiger partial charge in [0.1, 0.15) is 10.6 Å². The molecule has 0 spiro atoms. The molecular weight excluding hydrogens is 349 g/mol. The van der Waals surface area contributed by atoms with Gasteiger partial charge < -0.3 is 9.15 Å². The van der Waals surface area contributed by atoms with Crippen LogP contribution >= 0.6 is 11.8 Å². The first kappa shape index (κ1) is 16.9. The highest BCUT2D eigenvalue weighted by Gasteiger charge is 2.25. The van der Waals surface area contributed by atoms with E-state index in [-0.39, 0.29) is 21.8 Å². The smallest absolute Gasteiger partial charge is 0.319 e. The molecule has 0 fully saturated rings. The predicted molar refractivity (Wildman–Crippen MR) is 88.2 cm³/mol. The van der Waals surface area contributed by atoms with Crippen molar-refractivity contribution in [3.8, 4) is 17.2 Å². The lowest BCUT2D eigenvalue weighted by atomic mass is 10.1. The minimum absolute atomic E-state index is 0.0156. The van der Waals surface area contributed by atoms with E-state index in [0.29, 0.717) is 0 Å². The van der Waals surface area contributed by atoms with E-state index < -0.39 is 16.4 Å². The Balaban J connectivity index is 1.97. The Hall–Kier alpha value is -2.94. The Kier molecular flexibility index (Phi) is 4.66. The molecule has 0 saturated carbocycles. The van der Waals surface area contributed by atoms with Gasteiger partial charge in [0.25, 0.3) is 5.22 Å². The zero-order valence-electron chi connectivity index (χ0n) is 13.2. The number of nitro groups is 1. The van der Waals surface area contributed by atoms with Crippen LogP contribution in [0.2, 0.25) is 0 Å². The lowest BCUT2D eigenvalue weighted by Gasteiger charge is -2.04. The standard InChI is InChI=1S/C16H12FN3O4S/c1-9-5-3-4-6-11(9)15-18-19-16(24-15)25-13-8-10(23-2)7-12(17)14(13)20(21)22/h3-8H,1-2H3. The summed E-state index contributed by atoms with van der Waals surface area (Å²) in [6, 6.07) is 9.74. The van der Waals surface area contributed by atoms with Crippen LogP contribution in [0.15, 0.2) is 50.9 Å². The number of ether oxygens (including phenoxy) is 1. The van der Waals surface area contributed by atoms with Crippen LogP contribution in [0.5, 0.6) is 5.75 Å². The Morgan fingerprint density at radius 3 is 2.72 bits per heavy atom. The van der Waals surface area contributed by atoms with Gasteiger partial charge in [-0.25, -0.2) is 0 Å². The Labute approximate surface area is 146 Å². The van der Waals surface area contributed by atoms with E-state index in [1.54, 1.807) is 0 Å². The monoisotopic (exact) mass is 361 g/mol. The van der Waals surface area contributed by atoms with Crippen LogP contribution in [-0.4, -0.2) is 22.2 Å². The van der Waals surface area contributed by atoms with Gasteiger partial charge in [-0.1, -0.05) is 18.2 Å². The van der Waals surface area contributed by atoms with E-state index >= 15 is 0 Å². The highest BCUT2D eigenvalue weighted by molar-refractivity contribution is 7.99. The van der Waals surface area contributed by atoms with Crippen LogP contribution in [0.3, 0.4) is 0 Å². The number of halogens is 1. The zero-order valence-corrected chi connectivity index (χ0v) is 14.0. The molecule has 0 aliphatic heterocycles. The maximum absolute atomic E-state index is 14.0. The van der Waals surface area contributed by atoms with E-state index in [2.05, 4.69) is 10.2 Å². The van der Waals surface area contributed by atoms with Crippen LogP contribution in [0, 0.1) is 22.9 Å². The predicted octanol–water partition coefficient (Wildman–Crippen LogP) is 4.25. The second-order valence-corrected chi connectivity index (χ2v) is 6.00. The highest BCUT2D eigenvalue weighted by Crippen LogP contribution is 2.39. The van der Waals surface area contributed by atoms with E-state index in [1.165, 1.54) is 13.2 Å². The SMILES string of the molecule is COc1cc(F)c([N+](=O)[O-])c(Sc2nnc(-c3ccccc3C)o2)c1. The topological polar surface area (TPSA) is 91.3 Å². The van der Waals surface area contributed by atoms with Gasteiger partial charge in [0, 0.05) is 17.7 Å². The average molecular weight is 361 g/mol. The Morgan fingerprint density at radius 2 is 2.04 bits per heavy atom. The molecule has 9 heteroatoms. The highest BCUT2D eigenvalue weighted by atomic mass is 32.2. The molecule has 128 valence electrons. The summed E-state index contributed by atoms with van der Waals surface area (Å²) in [5.41, 5.74) is 1.04. The Morgan fingerprint density at radius 1 is 1.28 bits per heavy atom. The summed E-state index contributed by atoms with van der Waals surface area (Å²) in [6.07, 6.45) is 0. The number of methoxy groups -OCH3 is 1. The first-order valence-corrected chi connectivity index (χ1v) is 7.90. The summed E-state index contributed by atoms with van der Waals surface area (Å²) < 4.78 is 24.5. The van der Waals surface area contributed by atoms with Crippen molar-refractivity contribution in [1.82, 2.24) is 10.2 Å². The van der Waals surface area contributed by atoms with E-state index in [0.717, 1.165) is 29.0 Å². The Bertz CT molecular complexity index is 945. The number of nitro benzene ring substituents is 1. The largest absolute Gasteiger partial charge is 0.497 e. The van der Waals surface area contributed by atoms with Crippen molar-refractivity contribution in [3.05, 3.63) is 57.9 Å². The van der Waals surface area contributed by atoms with Crippen molar-refractivity contribution < 1.29 is 18.5 Å². The minimum atomic E-state index is -0.995. The van der Waals surface area contributed by atoms with Crippen LogP contribution < -0.4 is 4.74 Å². The maximum Gasteiger partial charge on any atom is 0.319 e. The van der Waals surface area contributed by atoms with Crippen molar-refractivity contribution in [2.45, 2.75) is 17.0 Å². The molecule has 0 saturated heterocycles. The summed E-state index contributed by atoms with van der Waals surface area (Å²) in [5.74, 6) is -0.554. The number of hydrogen-bond donors (Lipinski definition) is 0. The van der Waals surface area contributed by atoms with Gasteiger partial charge in [0.15, 0.2) is 0 Å². The second kappa shape index (κ2) is 6.89. The summed E-state index contributed by atoms with van der Waals surface area (Å²) >= 11 is 0.806. The number of benzene rings is 2. The van der Waals surface area contributed by atoms with Crippen molar-refractivity contribution >= 4 is 17.4 Å². The second-order valence-electron chi connectivity index (χ2n) is 5.00. The number of aromatic nitrogens is 2. The molecule has 0 atom stereocenters. The van der Waals surface area contributed by atoms with Crippen LogP contribution in [0.4, 0.5) is 10.1 Å². The normalized spacial score (nSPS) is 10.7. The third-order valence-electron chi connectivity index (χ3n) is 3.40. The number of hydrogen-bond acceptors (Lipinski definition) is 7. The van der Waals surface area contributed by atoms with E-state index in [9.17, 15) is 14.5 Å². The van der Waals surface area contributed by atoms with Gasteiger partial charge in [-0.15, -0.1) is 10.2 Å². The quantitative estimate of drug-likeness (QED) is 0.495. The number of aryl methyl sites for hydroxylation is 1. The van der Waals surface area contributed by atoms with Crippen LogP contribution in [0.25, 0.3) is 11.5 Å². The lowest BCUT2D eigenvalue weighted by molar-refractivity contribution is -0.390. The van der Waals surface area contributed by atoms with Gasteiger partial charge >= 0.3 is 5.69 Å². The fraction of sp³-hybridized carbons (Fsp3) is 0.125. The van der Waals surface area contributed by atoms with Crippen molar-refractivity contribution in [2.75, 3.05) is 7.11 Å². The summed E-state index contributed by atoms with van der Waals surface area (Å²) in [7, 11) is 1.35. The van der Waals surface area contributed by atoms with Crippen molar-refractivity contribution in [3.63, 3.8) is 0 Å². The van der Waals surface area contributed by atoms with Crippen LogP contribution in [0.1, 0.15) is 5.56 Å².